The Bertz CT molecular complexity index is 879. The van der Waals surface area contributed by atoms with Gasteiger partial charge in [0, 0.05) is 43.6 Å². The number of rotatable bonds is 3. The van der Waals surface area contributed by atoms with Crippen LogP contribution in [0.5, 0.6) is 0 Å². The maximum absolute atomic E-state index is 4.82. The monoisotopic (exact) mass is 337 g/mol. The summed E-state index contributed by atoms with van der Waals surface area (Å²) in [5.74, 6) is 2.16. The van der Waals surface area contributed by atoms with Crippen molar-refractivity contribution in [3.05, 3.63) is 47.8 Å². The lowest BCUT2D eigenvalue weighted by molar-refractivity contribution is 0.480. The van der Waals surface area contributed by atoms with E-state index in [1.165, 1.54) is 12.1 Å². The fourth-order valence-electron chi connectivity index (χ4n) is 3.67. The molecular weight excluding hydrogens is 314 g/mol. The SMILES string of the molecule is Cc1cc(C)n(-c2cncc(N3CCCC(c4ccnn4C)C3)n2)n1. The second-order valence-electron chi connectivity index (χ2n) is 6.74. The van der Waals surface area contributed by atoms with Gasteiger partial charge in [-0.3, -0.25) is 9.67 Å². The van der Waals surface area contributed by atoms with E-state index < -0.39 is 0 Å². The van der Waals surface area contributed by atoms with Gasteiger partial charge in [-0.05, 0) is 38.8 Å². The lowest BCUT2D eigenvalue weighted by atomic mass is 9.95. The number of piperidine rings is 1. The lowest BCUT2D eigenvalue weighted by Gasteiger charge is -2.33. The normalized spacial score (nSPS) is 17.9. The van der Waals surface area contributed by atoms with Crippen molar-refractivity contribution < 1.29 is 0 Å². The lowest BCUT2D eigenvalue weighted by Crippen LogP contribution is -2.35. The van der Waals surface area contributed by atoms with Crippen molar-refractivity contribution in [3.63, 3.8) is 0 Å². The molecule has 7 nitrogen and oxygen atoms in total. The van der Waals surface area contributed by atoms with E-state index in [2.05, 4.69) is 26.1 Å². The number of aromatic nitrogens is 6. The largest absolute Gasteiger partial charge is 0.355 e. The molecule has 7 heteroatoms. The Kier molecular flexibility index (Phi) is 3.99. The molecule has 4 rings (SSSR count). The molecule has 0 N–H and O–H groups in total. The Morgan fingerprint density at radius 3 is 2.72 bits per heavy atom. The van der Waals surface area contributed by atoms with Crippen LogP contribution in [0, 0.1) is 13.8 Å². The van der Waals surface area contributed by atoms with Crippen LogP contribution >= 0.6 is 0 Å². The van der Waals surface area contributed by atoms with Crippen molar-refractivity contribution in [3.8, 4) is 5.82 Å². The van der Waals surface area contributed by atoms with E-state index in [1.807, 2.05) is 48.7 Å². The van der Waals surface area contributed by atoms with Crippen molar-refractivity contribution in [2.24, 2.45) is 7.05 Å². The van der Waals surface area contributed by atoms with Crippen LogP contribution in [-0.2, 0) is 7.05 Å². The van der Waals surface area contributed by atoms with E-state index in [1.54, 1.807) is 6.20 Å². The summed E-state index contributed by atoms with van der Waals surface area (Å²) in [5.41, 5.74) is 3.33. The van der Waals surface area contributed by atoms with Gasteiger partial charge in [0.25, 0.3) is 0 Å². The molecule has 1 aliphatic heterocycles. The Balaban J connectivity index is 1.60. The Morgan fingerprint density at radius 2 is 2.00 bits per heavy atom. The molecule has 3 aromatic rings. The summed E-state index contributed by atoms with van der Waals surface area (Å²) in [4.78, 5) is 11.6. The van der Waals surface area contributed by atoms with Crippen molar-refractivity contribution >= 4 is 5.82 Å². The number of hydrogen-bond donors (Lipinski definition) is 0. The van der Waals surface area contributed by atoms with Crippen molar-refractivity contribution in [1.82, 2.24) is 29.5 Å². The van der Waals surface area contributed by atoms with Gasteiger partial charge in [0.2, 0.25) is 0 Å². The van der Waals surface area contributed by atoms with Gasteiger partial charge in [-0.2, -0.15) is 10.2 Å². The molecule has 4 heterocycles. The van der Waals surface area contributed by atoms with Gasteiger partial charge in [-0.1, -0.05) is 0 Å². The molecule has 0 bridgehead atoms. The van der Waals surface area contributed by atoms with Crippen molar-refractivity contribution in [1.29, 1.82) is 0 Å². The van der Waals surface area contributed by atoms with Crippen LogP contribution in [-0.4, -0.2) is 42.6 Å². The second-order valence-corrected chi connectivity index (χ2v) is 6.74. The standard InChI is InChI=1S/C18H23N7/c1-13-9-14(2)25(22-13)18-11-19-10-17(21-18)24-8-4-5-15(12-24)16-6-7-20-23(16)3/h6-7,9-11,15H,4-5,8,12H2,1-3H3. The maximum atomic E-state index is 4.82. The van der Waals surface area contributed by atoms with E-state index in [0.29, 0.717) is 5.92 Å². The van der Waals surface area contributed by atoms with Gasteiger partial charge >= 0.3 is 0 Å². The van der Waals surface area contributed by atoms with Gasteiger partial charge in [0.15, 0.2) is 5.82 Å². The van der Waals surface area contributed by atoms with Gasteiger partial charge in [-0.25, -0.2) is 9.67 Å². The molecule has 1 aliphatic rings. The number of aryl methyl sites for hydroxylation is 3. The molecule has 1 atom stereocenters. The highest BCUT2D eigenvalue weighted by Gasteiger charge is 2.24. The fraction of sp³-hybridized carbons (Fsp3) is 0.444. The highest BCUT2D eigenvalue weighted by atomic mass is 15.3. The molecule has 0 spiro atoms. The Morgan fingerprint density at radius 1 is 1.16 bits per heavy atom. The first-order valence-corrected chi connectivity index (χ1v) is 8.70. The molecule has 0 saturated carbocycles. The van der Waals surface area contributed by atoms with E-state index in [4.69, 9.17) is 4.98 Å². The third-order valence-corrected chi connectivity index (χ3v) is 4.86. The average Bonchev–Trinajstić information content (AvgIpc) is 3.20. The summed E-state index contributed by atoms with van der Waals surface area (Å²) in [7, 11) is 2.01. The Hall–Kier alpha value is -2.70. The molecule has 0 amide bonds. The molecule has 0 aromatic carbocycles. The summed E-state index contributed by atoms with van der Waals surface area (Å²) in [6, 6.07) is 4.17. The van der Waals surface area contributed by atoms with Crippen molar-refractivity contribution in [2.75, 3.05) is 18.0 Å². The van der Waals surface area contributed by atoms with Crippen LogP contribution in [0.3, 0.4) is 0 Å². The zero-order valence-electron chi connectivity index (χ0n) is 14.9. The van der Waals surface area contributed by atoms with E-state index in [-0.39, 0.29) is 0 Å². The van der Waals surface area contributed by atoms with Crippen molar-refractivity contribution in [2.45, 2.75) is 32.6 Å². The summed E-state index contributed by atoms with van der Waals surface area (Å²) in [6.07, 6.45) is 7.81. The molecular formula is C18H23N7. The first-order valence-electron chi connectivity index (χ1n) is 8.70. The fourth-order valence-corrected chi connectivity index (χ4v) is 3.67. The van der Waals surface area contributed by atoms with Crippen LogP contribution in [0.1, 0.15) is 35.8 Å². The van der Waals surface area contributed by atoms with Crippen LogP contribution < -0.4 is 4.90 Å². The highest BCUT2D eigenvalue weighted by molar-refractivity contribution is 5.41. The van der Waals surface area contributed by atoms with E-state index in [9.17, 15) is 0 Å². The number of hydrogen-bond acceptors (Lipinski definition) is 5. The quantitative estimate of drug-likeness (QED) is 0.734. The topological polar surface area (TPSA) is 64.7 Å². The second kappa shape index (κ2) is 6.31. The minimum Gasteiger partial charge on any atom is -0.355 e. The average molecular weight is 337 g/mol. The summed E-state index contributed by atoms with van der Waals surface area (Å²) < 4.78 is 3.83. The first-order chi connectivity index (χ1) is 12.1. The summed E-state index contributed by atoms with van der Waals surface area (Å²) >= 11 is 0. The molecule has 130 valence electrons. The molecule has 1 saturated heterocycles. The van der Waals surface area contributed by atoms with Crippen LogP contribution in [0.4, 0.5) is 5.82 Å². The minimum absolute atomic E-state index is 0.473. The minimum atomic E-state index is 0.473. The van der Waals surface area contributed by atoms with Gasteiger partial charge in [0.05, 0.1) is 18.1 Å². The smallest absolute Gasteiger partial charge is 0.174 e. The van der Waals surface area contributed by atoms with Crippen LogP contribution in [0.2, 0.25) is 0 Å². The zero-order valence-corrected chi connectivity index (χ0v) is 14.9. The molecule has 25 heavy (non-hydrogen) atoms. The molecule has 1 fully saturated rings. The summed E-state index contributed by atoms with van der Waals surface area (Å²) in [6.45, 7) is 5.97. The molecule has 3 aromatic heterocycles. The predicted octanol–water partition coefficient (Wildman–Crippen LogP) is 2.40. The van der Waals surface area contributed by atoms with Gasteiger partial charge in [0.1, 0.15) is 5.82 Å². The number of nitrogens with zero attached hydrogens (tertiary/aromatic N) is 7. The molecule has 0 radical (unpaired) electrons. The zero-order chi connectivity index (χ0) is 17.4. The molecule has 1 unspecified atom stereocenters. The summed E-state index contributed by atoms with van der Waals surface area (Å²) in [5, 5.41) is 8.83. The molecule has 0 aliphatic carbocycles. The van der Waals surface area contributed by atoms with E-state index in [0.717, 1.165) is 42.5 Å². The van der Waals surface area contributed by atoms with Gasteiger partial charge < -0.3 is 4.90 Å². The Labute approximate surface area is 147 Å². The maximum Gasteiger partial charge on any atom is 0.174 e. The third-order valence-electron chi connectivity index (χ3n) is 4.86. The van der Waals surface area contributed by atoms with E-state index >= 15 is 0 Å². The first kappa shape index (κ1) is 15.8. The predicted molar refractivity (Wildman–Crippen MR) is 96.0 cm³/mol. The van der Waals surface area contributed by atoms with Gasteiger partial charge in [-0.15, -0.1) is 0 Å². The highest BCUT2D eigenvalue weighted by Crippen LogP contribution is 2.28. The van der Waals surface area contributed by atoms with Crippen LogP contribution in [0.15, 0.2) is 30.7 Å². The number of anilines is 1. The van der Waals surface area contributed by atoms with Crippen LogP contribution in [0.25, 0.3) is 5.82 Å². The third kappa shape index (κ3) is 3.01.